The maximum absolute atomic E-state index is 11.5. The van der Waals surface area contributed by atoms with E-state index in [1.165, 1.54) is 5.56 Å². The van der Waals surface area contributed by atoms with E-state index in [4.69, 9.17) is 11.6 Å². The van der Waals surface area contributed by atoms with Gasteiger partial charge < -0.3 is 0 Å². The molecule has 1 aromatic carbocycles. The highest BCUT2D eigenvalue weighted by Gasteiger charge is 2.33. The molecule has 0 aromatic heterocycles. The van der Waals surface area contributed by atoms with Gasteiger partial charge in [0.25, 0.3) is 0 Å². The van der Waals surface area contributed by atoms with Gasteiger partial charge in [0.1, 0.15) is 0 Å². The van der Waals surface area contributed by atoms with Gasteiger partial charge in [0.15, 0.2) is 9.84 Å². The molecular weight excluding hydrogens is 268 g/mol. The van der Waals surface area contributed by atoms with Crippen LogP contribution in [0, 0.1) is 5.92 Å². The zero-order chi connectivity index (χ0) is 13.3. The van der Waals surface area contributed by atoms with Crippen molar-refractivity contribution in [2.75, 3.05) is 11.5 Å². The summed E-state index contributed by atoms with van der Waals surface area (Å²) in [6.07, 6.45) is 0.683. The predicted octanol–water partition coefficient (Wildman–Crippen LogP) is 3.52. The van der Waals surface area contributed by atoms with Crippen molar-refractivity contribution < 1.29 is 8.42 Å². The second-order valence-corrected chi connectivity index (χ2v) is 8.09. The normalized spacial score (nSPS) is 24.3. The Hall–Kier alpha value is -0.540. The molecule has 1 heterocycles. The molecule has 1 aliphatic heterocycles. The molecule has 1 fully saturated rings. The summed E-state index contributed by atoms with van der Waals surface area (Å²) in [7, 11) is -2.85. The highest BCUT2D eigenvalue weighted by Crippen LogP contribution is 2.36. The van der Waals surface area contributed by atoms with Gasteiger partial charge >= 0.3 is 0 Å². The Morgan fingerprint density at radius 1 is 1.17 bits per heavy atom. The van der Waals surface area contributed by atoms with Gasteiger partial charge in [-0.2, -0.15) is 0 Å². The minimum Gasteiger partial charge on any atom is -0.229 e. The summed E-state index contributed by atoms with van der Waals surface area (Å²) >= 11 is 6.41. The first kappa shape index (κ1) is 13.9. The van der Waals surface area contributed by atoms with Crippen LogP contribution in [-0.2, 0) is 9.84 Å². The summed E-state index contributed by atoms with van der Waals surface area (Å²) in [6, 6.07) is 8.22. The van der Waals surface area contributed by atoms with Gasteiger partial charge in [-0.05, 0) is 29.4 Å². The molecule has 1 aliphatic rings. The van der Waals surface area contributed by atoms with Gasteiger partial charge in [0.2, 0.25) is 0 Å². The van der Waals surface area contributed by atoms with E-state index in [2.05, 4.69) is 26.0 Å². The maximum Gasteiger partial charge on any atom is 0.150 e. The zero-order valence-electron chi connectivity index (χ0n) is 10.8. The van der Waals surface area contributed by atoms with Gasteiger partial charge in [-0.3, -0.25) is 0 Å². The number of halogens is 1. The molecule has 4 heteroatoms. The summed E-state index contributed by atoms with van der Waals surface area (Å²) in [4.78, 5) is 0. The highest BCUT2D eigenvalue weighted by atomic mass is 35.5. The minimum atomic E-state index is -2.85. The Labute approximate surface area is 114 Å². The Balaban J connectivity index is 2.12. The van der Waals surface area contributed by atoms with Crippen LogP contribution in [0.1, 0.15) is 42.7 Å². The van der Waals surface area contributed by atoms with Gasteiger partial charge in [-0.25, -0.2) is 8.42 Å². The van der Waals surface area contributed by atoms with E-state index in [-0.39, 0.29) is 22.8 Å². The molecule has 1 saturated heterocycles. The monoisotopic (exact) mass is 286 g/mol. The van der Waals surface area contributed by atoms with Crippen molar-refractivity contribution in [3.05, 3.63) is 35.4 Å². The van der Waals surface area contributed by atoms with E-state index < -0.39 is 9.84 Å². The Morgan fingerprint density at radius 2 is 1.72 bits per heavy atom. The molecule has 0 radical (unpaired) electrons. The van der Waals surface area contributed by atoms with Crippen LogP contribution in [0.2, 0.25) is 0 Å². The second kappa shape index (κ2) is 5.22. The van der Waals surface area contributed by atoms with E-state index in [1.54, 1.807) is 0 Å². The molecule has 2 nitrogen and oxygen atoms in total. The fraction of sp³-hybridized carbons (Fsp3) is 0.571. The maximum atomic E-state index is 11.5. The number of alkyl halides is 1. The molecular formula is C14H19ClO2S. The fourth-order valence-electron chi connectivity index (χ4n) is 2.39. The summed E-state index contributed by atoms with van der Waals surface area (Å²) in [5.74, 6) is 1.07. The average Bonchev–Trinajstić information content (AvgIpc) is 2.69. The molecule has 0 saturated carbocycles. The lowest BCUT2D eigenvalue weighted by Gasteiger charge is -2.16. The number of hydrogen-bond donors (Lipinski definition) is 0. The average molecular weight is 287 g/mol. The van der Waals surface area contributed by atoms with E-state index in [0.29, 0.717) is 12.3 Å². The quantitative estimate of drug-likeness (QED) is 0.797. The van der Waals surface area contributed by atoms with Crippen molar-refractivity contribution in [2.45, 2.75) is 31.6 Å². The first-order valence-electron chi connectivity index (χ1n) is 6.33. The highest BCUT2D eigenvalue weighted by molar-refractivity contribution is 7.91. The largest absolute Gasteiger partial charge is 0.229 e. The standard InChI is InChI=1S/C14H19ClO2S/c1-10(2)11-3-5-12(6-4-11)14(15)13-7-8-18(16,17)9-13/h3-6,10,13-14H,7-9H2,1-2H3. The van der Waals surface area contributed by atoms with E-state index in [9.17, 15) is 8.42 Å². The van der Waals surface area contributed by atoms with Crippen molar-refractivity contribution in [3.63, 3.8) is 0 Å². The molecule has 2 unspecified atom stereocenters. The number of sulfone groups is 1. The van der Waals surface area contributed by atoms with Crippen LogP contribution >= 0.6 is 11.6 Å². The van der Waals surface area contributed by atoms with Crippen LogP contribution in [0.15, 0.2) is 24.3 Å². The molecule has 0 aliphatic carbocycles. The topological polar surface area (TPSA) is 34.1 Å². The summed E-state index contributed by atoms with van der Waals surface area (Å²) in [5.41, 5.74) is 2.31. The smallest absolute Gasteiger partial charge is 0.150 e. The first-order chi connectivity index (χ1) is 8.39. The molecule has 0 spiro atoms. The Kier molecular flexibility index (Phi) is 4.02. The minimum absolute atomic E-state index is 0.0570. The molecule has 0 N–H and O–H groups in total. The Bertz CT molecular complexity index is 505. The summed E-state index contributed by atoms with van der Waals surface area (Å²) in [6.45, 7) is 4.30. The van der Waals surface area contributed by atoms with Gasteiger partial charge in [-0.1, -0.05) is 38.1 Å². The predicted molar refractivity (Wildman–Crippen MR) is 75.9 cm³/mol. The number of rotatable bonds is 3. The van der Waals surface area contributed by atoms with E-state index >= 15 is 0 Å². The lowest BCUT2D eigenvalue weighted by atomic mass is 9.95. The van der Waals surface area contributed by atoms with Crippen LogP contribution in [0.3, 0.4) is 0 Å². The van der Waals surface area contributed by atoms with Crippen LogP contribution in [0.5, 0.6) is 0 Å². The molecule has 100 valence electrons. The lowest BCUT2D eigenvalue weighted by Crippen LogP contribution is -2.10. The number of benzene rings is 1. The lowest BCUT2D eigenvalue weighted by molar-refractivity contribution is 0.568. The van der Waals surface area contributed by atoms with Crippen molar-refractivity contribution in [1.82, 2.24) is 0 Å². The third kappa shape index (κ3) is 3.07. The molecule has 18 heavy (non-hydrogen) atoms. The van der Waals surface area contributed by atoms with Crippen LogP contribution < -0.4 is 0 Å². The van der Waals surface area contributed by atoms with Crippen LogP contribution in [0.25, 0.3) is 0 Å². The third-order valence-electron chi connectivity index (χ3n) is 3.60. The first-order valence-corrected chi connectivity index (χ1v) is 8.59. The zero-order valence-corrected chi connectivity index (χ0v) is 12.3. The second-order valence-electron chi connectivity index (χ2n) is 5.39. The van der Waals surface area contributed by atoms with E-state index in [0.717, 1.165) is 5.56 Å². The van der Waals surface area contributed by atoms with E-state index in [1.807, 2.05) is 12.1 Å². The molecule has 1 aromatic rings. The molecule has 0 bridgehead atoms. The van der Waals surface area contributed by atoms with Gasteiger partial charge in [0, 0.05) is 0 Å². The summed E-state index contributed by atoms with van der Waals surface area (Å²) < 4.78 is 22.9. The van der Waals surface area contributed by atoms with Crippen molar-refractivity contribution in [2.24, 2.45) is 5.92 Å². The SMILES string of the molecule is CC(C)c1ccc(C(Cl)C2CCS(=O)(=O)C2)cc1. The summed E-state index contributed by atoms with van der Waals surface area (Å²) in [5, 5.41) is -0.191. The molecule has 2 atom stereocenters. The fourth-order valence-corrected chi connectivity index (χ4v) is 4.70. The molecule has 0 amide bonds. The molecule has 2 rings (SSSR count). The van der Waals surface area contributed by atoms with Crippen LogP contribution in [-0.4, -0.2) is 19.9 Å². The van der Waals surface area contributed by atoms with Crippen LogP contribution in [0.4, 0.5) is 0 Å². The van der Waals surface area contributed by atoms with Gasteiger partial charge in [0.05, 0.1) is 16.9 Å². The third-order valence-corrected chi connectivity index (χ3v) is 6.01. The van der Waals surface area contributed by atoms with Crippen molar-refractivity contribution in [3.8, 4) is 0 Å². The van der Waals surface area contributed by atoms with Crippen molar-refractivity contribution >= 4 is 21.4 Å². The number of hydrogen-bond acceptors (Lipinski definition) is 2. The Morgan fingerprint density at radius 3 is 2.17 bits per heavy atom. The van der Waals surface area contributed by atoms with Gasteiger partial charge in [-0.15, -0.1) is 11.6 Å². The van der Waals surface area contributed by atoms with Crippen molar-refractivity contribution in [1.29, 1.82) is 0 Å².